The fourth-order valence-corrected chi connectivity index (χ4v) is 2.51. The standard InChI is InChI=1S/C17H19Cl/c1-4-13-10-16(11-14(5-2)12(13)3)15-6-8-17(18)9-7-15/h6-11H,4-5H2,1-3H3. The normalized spacial score (nSPS) is 10.7. The Morgan fingerprint density at radius 2 is 1.33 bits per heavy atom. The first-order valence-corrected chi connectivity index (χ1v) is 6.91. The lowest BCUT2D eigenvalue weighted by Crippen LogP contribution is -1.95. The van der Waals surface area contributed by atoms with Crippen molar-refractivity contribution in [2.75, 3.05) is 0 Å². The third-order valence-corrected chi connectivity index (χ3v) is 3.81. The maximum absolute atomic E-state index is 5.94. The van der Waals surface area contributed by atoms with Gasteiger partial charge in [0.25, 0.3) is 0 Å². The Hall–Kier alpha value is -1.27. The van der Waals surface area contributed by atoms with E-state index in [1.54, 1.807) is 0 Å². The van der Waals surface area contributed by atoms with Gasteiger partial charge in [0, 0.05) is 5.02 Å². The highest BCUT2D eigenvalue weighted by Gasteiger charge is 2.06. The van der Waals surface area contributed by atoms with Crippen molar-refractivity contribution >= 4 is 11.6 Å². The van der Waals surface area contributed by atoms with Crippen LogP contribution in [0.1, 0.15) is 30.5 Å². The molecule has 0 nitrogen and oxygen atoms in total. The number of hydrogen-bond donors (Lipinski definition) is 0. The molecule has 0 heterocycles. The second-order valence-corrected chi connectivity index (χ2v) is 5.07. The van der Waals surface area contributed by atoms with Gasteiger partial charge in [0.05, 0.1) is 0 Å². The second-order valence-electron chi connectivity index (χ2n) is 4.63. The molecule has 2 rings (SSSR count). The minimum absolute atomic E-state index is 0.789. The fourth-order valence-electron chi connectivity index (χ4n) is 2.38. The first-order chi connectivity index (χ1) is 8.65. The molecule has 0 saturated heterocycles. The predicted molar refractivity (Wildman–Crippen MR) is 80.4 cm³/mol. The van der Waals surface area contributed by atoms with Gasteiger partial charge in [0.15, 0.2) is 0 Å². The minimum Gasteiger partial charge on any atom is -0.0843 e. The van der Waals surface area contributed by atoms with E-state index in [2.05, 4.69) is 45.0 Å². The van der Waals surface area contributed by atoms with E-state index < -0.39 is 0 Å². The lowest BCUT2D eigenvalue weighted by molar-refractivity contribution is 1.05. The molecule has 0 saturated carbocycles. The van der Waals surface area contributed by atoms with Crippen molar-refractivity contribution in [3.63, 3.8) is 0 Å². The average molecular weight is 259 g/mol. The van der Waals surface area contributed by atoms with Gasteiger partial charge in [-0.3, -0.25) is 0 Å². The molecule has 0 N–H and O–H groups in total. The van der Waals surface area contributed by atoms with E-state index in [0.717, 1.165) is 17.9 Å². The zero-order valence-electron chi connectivity index (χ0n) is 11.3. The predicted octanol–water partition coefficient (Wildman–Crippen LogP) is 5.44. The van der Waals surface area contributed by atoms with Crippen LogP contribution in [0, 0.1) is 6.92 Å². The minimum atomic E-state index is 0.789. The third-order valence-electron chi connectivity index (χ3n) is 3.56. The molecule has 2 aromatic rings. The van der Waals surface area contributed by atoms with E-state index in [4.69, 9.17) is 11.6 Å². The van der Waals surface area contributed by atoms with Crippen molar-refractivity contribution in [2.24, 2.45) is 0 Å². The summed E-state index contributed by atoms with van der Waals surface area (Å²) >= 11 is 5.94. The van der Waals surface area contributed by atoms with Gasteiger partial charge in [-0.2, -0.15) is 0 Å². The second kappa shape index (κ2) is 5.58. The largest absolute Gasteiger partial charge is 0.0843 e. The van der Waals surface area contributed by atoms with Crippen LogP contribution in [0.2, 0.25) is 5.02 Å². The molecule has 0 aliphatic heterocycles. The van der Waals surface area contributed by atoms with E-state index in [1.807, 2.05) is 12.1 Å². The van der Waals surface area contributed by atoms with Crippen LogP contribution in [-0.4, -0.2) is 0 Å². The summed E-state index contributed by atoms with van der Waals surface area (Å²) in [5, 5.41) is 0.789. The molecule has 2 aromatic carbocycles. The summed E-state index contributed by atoms with van der Waals surface area (Å²) in [6.45, 7) is 6.66. The van der Waals surface area contributed by atoms with Gasteiger partial charge < -0.3 is 0 Å². The molecule has 0 aliphatic carbocycles. The summed E-state index contributed by atoms with van der Waals surface area (Å²) < 4.78 is 0. The molecule has 0 bridgehead atoms. The molecule has 0 radical (unpaired) electrons. The van der Waals surface area contributed by atoms with Gasteiger partial charge in [-0.25, -0.2) is 0 Å². The van der Waals surface area contributed by atoms with Gasteiger partial charge in [0.1, 0.15) is 0 Å². The summed E-state index contributed by atoms with van der Waals surface area (Å²) in [5.41, 5.74) is 6.87. The summed E-state index contributed by atoms with van der Waals surface area (Å²) in [6, 6.07) is 12.7. The SMILES string of the molecule is CCc1cc(-c2ccc(Cl)cc2)cc(CC)c1C. The van der Waals surface area contributed by atoms with E-state index in [1.165, 1.54) is 27.8 Å². The van der Waals surface area contributed by atoms with Crippen LogP contribution >= 0.6 is 11.6 Å². The topological polar surface area (TPSA) is 0 Å². The Bertz CT molecular complexity index is 513. The zero-order valence-corrected chi connectivity index (χ0v) is 12.0. The zero-order chi connectivity index (χ0) is 13.1. The molecule has 0 fully saturated rings. The van der Waals surface area contributed by atoms with Crippen molar-refractivity contribution < 1.29 is 0 Å². The number of halogens is 1. The molecule has 0 spiro atoms. The lowest BCUT2D eigenvalue weighted by atomic mass is 9.93. The van der Waals surface area contributed by atoms with Crippen molar-refractivity contribution in [1.82, 2.24) is 0 Å². The Morgan fingerprint density at radius 3 is 1.78 bits per heavy atom. The van der Waals surface area contributed by atoms with Gasteiger partial charge in [-0.1, -0.05) is 49.7 Å². The number of benzene rings is 2. The molecule has 1 heteroatoms. The Morgan fingerprint density at radius 1 is 0.833 bits per heavy atom. The lowest BCUT2D eigenvalue weighted by Gasteiger charge is -2.13. The highest BCUT2D eigenvalue weighted by molar-refractivity contribution is 6.30. The quantitative estimate of drug-likeness (QED) is 0.688. The van der Waals surface area contributed by atoms with Crippen molar-refractivity contribution in [3.8, 4) is 11.1 Å². The van der Waals surface area contributed by atoms with Crippen LogP contribution in [0.3, 0.4) is 0 Å². The van der Waals surface area contributed by atoms with Gasteiger partial charge in [0.2, 0.25) is 0 Å². The van der Waals surface area contributed by atoms with Gasteiger partial charge >= 0.3 is 0 Å². The van der Waals surface area contributed by atoms with Gasteiger partial charge in [-0.05, 0) is 59.7 Å². The Kier molecular flexibility index (Phi) is 4.08. The van der Waals surface area contributed by atoms with Crippen LogP contribution in [0.15, 0.2) is 36.4 Å². The fraction of sp³-hybridized carbons (Fsp3) is 0.294. The maximum Gasteiger partial charge on any atom is 0.0406 e. The van der Waals surface area contributed by atoms with E-state index >= 15 is 0 Å². The number of hydrogen-bond acceptors (Lipinski definition) is 0. The summed E-state index contributed by atoms with van der Waals surface area (Å²) in [6.07, 6.45) is 2.17. The first-order valence-electron chi connectivity index (χ1n) is 6.54. The van der Waals surface area contributed by atoms with E-state index in [9.17, 15) is 0 Å². The highest BCUT2D eigenvalue weighted by Crippen LogP contribution is 2.27. The highest BCUT2D eigenvalue weighted by atomic mass is 35.5. The van der Waals surface area contributed by atoms with E-state index in [-0.39, 0.29) is 0 Å². The Balaban J connectivity index is 2.54. The number of aryl methyl sites for hydroxylation is 2. The van der Waals surface area contributed by atoms with E-state index in [0.29, 0.717) is 0 Å². The molecule has 0 aliphatic rings. The number of rotatable bonds is 3. The van der Waals surface area contributed by atoms with Crippen LogP contribution in [0.4, 0.5) is 0 Å². The monoisotopic (exact) mass is 258 g/mol. The van der Waals surface area contributed by atoms with Crippen LogP contribution in [0.5, 0.6) is 0 Å². The van der Waals surface area contributed by atoms with Gasteiger partial charge in [-0.15, -0.1) is 0 Å². The molecule has 0 aromatic heterocycles. The molecular weight excluding hydrogens is 240 g/mol. The van der Waals surface area contributed by atoms with Crippen molar-refractivity contribution in [2.45, 2.75) is 33.6 Å². The smallest absolute Gasteiger partial charge is 0.0406 e. The first kappa shape index (κ1) is 13.2. The summed E-state index contributed by atoms with van der Waals surface area (Å²) in [7, 11) is 0. The summed E-state index contributed by atoms with van der Waals surface area (Å²) in [5.74, 6) is 0. The van der Waals surface area contributed by atoms with Crippen LogP contribution in [0.25, 0.3) is 11.1 Å². The maximum atomic E-state index is 5.94. The molecule has 18 heavy (non-hydrogen) atoms. The van der Waals surface area contributed by atoms with Crippen LogP contribution in [-0.2, 0) is 12.8 Å². The van der Waals surface area contributed by atoms with Crippen LogP contribution < -0.4 is 0 Å². The average Bonchev–Trinajstić information content (AvgIpc) is 2.40. The third kappa shape index (κ3) is 2.59. The molecule has 0 amide bonds. The van der Waals surface area contributed by atoms with Crippen molar-refractivity contribution in [1.29, 1.82) is 0 Å². The molecule has 0 unspecified atom stereocenters. The molecule has 94 valence electrons. The molecule has 0 atom stereocenters. The summed E-state index contributed by atoms with van der Waals surface area (Å²) in [4.78, 5) is 0. The molecular formula is C17H19Cl. The Labute approximate surface area is 115 Å². The van der Waals surface area contributed by atoms with Crippen molar-refractivity contribution in [3.05, 3.63) is 58.1 Å².